The fourth-order valence-corrected chi connectivity index (χ4v) is 5.05. The minimum Gasteiger partial charge on any atom is -0.480 e. The van der Waals surface area contributed by atoms with E-state index in [1.165, 1.54) is 6.07 Å². The number of rotatable bonds is 12. The molecule has 3 aromatic carbocycles. The van der Waals surface area contributed by atoms with Crippen molar-refractivity contribution in [2.75, 3.05) is 6.54 Å². The quantitative estimate of drug-likeness (QED) is 0.147. The van der Waals surface area contributed by atoms with Gasteiger partial charge in [-0.1, -0.05) is 60.7 Å². The number of aryl methyl sites for hydroxylation is 1. The average molecular weight is 497 g/mol. The summed E-state index contributed by atoms with van der Waals surface area (Å²) in [4.78, 5) is 23.8. The molecule has 0 bridgehead atoms. The van der Waals surface area contributed by atoms with Gasteiger partial charge < -0.3 is 16.2 Å². The van der Waals surface area contributed by atoms with Crippen LogP contribution in [0.3, 0.4) is 0 Å². The Morgan fingerprint density at radius 1 is 0.971 bits per heavy atom. The van der Waals surface area contributed by atoms with Gasteiger partial charge in [-0.3, -0.25) is 15.0 Å². The molecule has 9 nitrogen and oxygen atoms in total. The van der Waals surface area contributed by atoms with Crippen LogP contribution in [0.4, 0.5) is 0 Å². The summed E-state index contributed by atoms with van der Waals surface area (Å²) in [6, 6.07) is 17.5. The number of nitrogen functional groups attached to an aromatic ring is 1. The molecule has 1 atom stereocenters. The van der Waals surface area contributed by atoms with E-state index in [1.54, 1.807) is 48.5 Å². The van der Waals surface area contributed by atoms with Gasteiger partial charge in [-0.05, 0) is 36.3 Å². The highest BCUT2D eigenvalue weighted by molar-refractivity contribution is 7.89. The lowest BCUT2D eigenvalue weighted by Crippen LogP contribution is -2.48. The third-order valence-corrected chi connectivity index (χ3v) is 7.05. The van der Waals surface area contributed by atoms with Crippen LogP contribution < -0.4 is 15.8 Å². The number of amidine groups is 1. The van der Waals surface area contributed by atoms with Gasteiger partial charge in [0, 0.05) is 23.9 Å². The van der Waals surface area contributed by atoms with E-state index in [9.17, 15) is 23.1 Å². The van der Waals surface area contributed by atoms with Gasteiger partial charge in [0.2, 0.25) is 15.9 Å². The third-order valence-electron chi connectivity index (χ3n) is 5.52. The number of carbonyl (C=O) groups is 2. The van der Waals surface area contributed by atoms with Crippen LogP contribution in [0.5, 0.6) is 0 Å². The number of nitrogens with two attached hydrogens (primary N) is 1. The number of hydrogen-bond acceptors (Lipinski definition) is 5. The van der Waals surface area contributed by atoms with Crippen molar-refractivity contribution in [2.45, 2.75) is 36.6 Å². The van der Waals surface area contributed by atoms with Crippen molar-refractivity contribution in [2.24, 2.45) is 5.73 Å². The lowest BCUT2D eigenvalue weighted by atomic mass is 10.0. The number of sulfonamides is 1. The number of aliphatic carboxylic acids is 1. The second-order valence-electron chi connectivity index (χ2n) is 8.11. The summed E-state index contributed by atoms with van der Waals surface area (Å²) in [5, 5.41) is 20.6. The van der Waals surface area contributed by atoms with E-state index in [-0.39, 0.29) is 29.6 Å². The topological polar surface area (TPSA) is 162 Å². The lowest BCUT2D eigenvalue weighted by molar-refractivity contribution is -0.138. The van der Waals surface area contributed by atoms with E-state index in [2.05, 4.69) is 10.0 Å². The molecule has 0 spiro atoms. The largest absolute Gasteiger partial charge is 0.480 e. The molecular formula is C25H28N4O5S. The van der Waals surface area contributed by atoms with Gasteiger partial charge >= 0.3 is 5.97 Å². The molecule has 3 rings (SSSR count). The molecule has 0 aliphatic rings. The van der Waals surface area contributed by atoms with Crippen molar-refractivity contribution in [3.63, 3.8) is 0 Å². The number of nitrogens with one attached hydrogen (secondary N) is 3. The molecule has 3 aromatic rings. The van der Waals surface area contributed by atoms with E-state index in [0.717, 1.165) is 18.4 Å². The van der Waals surface area contributed by atoms with Crippen molar-refractivity contribution < 1.29 is 23.1 Å². The second kappa shape index (κ2) is 11.6. The number of carboxylic acids is 1. The van der Waals surface area contributed by atoms with E-state index >= 15 is 0 Å². The van der Waals surface area contributed by atoms with Crippen molar-refractivity contribution in [1.29, 1.82) is 5.41 Å². The Bertz CT molecular complexity index is 1320. The average Bonchev–Trinajstić information content (AvgIpc) is 2.84. The van der Waals surface area contributed by atoms with Crippen molar-refractivity contribution in [1.82, 2.24) is 10.0 Å². The SMILES string of the molecule is N=C(N)c1ccc(CCCCC(=O)NC[C@H](NS(=O)(=O)c2cccc3ccccc23)C(=O)O)cc1. The Balaban J connectivity index is 1.50. The Hall–Kier alpha value is -3.76. The van der Waals surface area contributed by atoms with Crippen LogP contribution in [-0.2, 0) is 26.0 Å². The number of unbranched alkanes of at least 4 members (excludes halogenated alkanes) is 1. The summed E-state index contributed by atoms with van der Waals surface area (Å²) < 4.78 is 28.0. The molecule has 10 heteroatoms. The van der Waals surface area contributed by atoms with Crippen LogP contribution in [0.25, 0.3) is 10.8 Å². The van der Waals surface area contributed by atoms with E-state index < -0.39 is 22.0 Å². The highest BCUT2D eigenvalue weighted by atomic mass is 32.2. The molecule has 0 fully saturated rings. The third kappa shape index (κ3) is 7.11. The Labute approximate surface area is 203 Å². The summed E-state index contributed by atoms with van der Waals surface area (Å²) in [5.41, 5.74) is 7.15. The van der Waals surface area contributed by atoms with Gasteiger partial charge in [-0.2, -0.15) is 4.72 Å². The number of benzene rings is 3. The molecule has 0 aliphatic carbocycles. The first-order chi connectivity index (χ1) is 16.7. The van der Waals surface area contributed by atoms with Gasteiger partial charge in [0.1, 0.15) is 11.9 Å². The summed E-state index contributed by atoms with van der Waals surface area (Å²) in [6.45, 7) is -0.370. The van der Waals surface area contributed by atoms with E-state index in [0.29, 0.717) is 22.8 Å². The highest BCUT2D eigenvalue weighted by Gasteiger charge is 2.27. The van der Waals surface area contributed by atoms with Gasteiger partial charge in [0.25, 0.3) is 0 Å². The molecule has 0 radical (unpaired) electrons. The van der Waals surface area contributed by atoms with E-state index in [4.69, 9.17) is 11.1 Å². The predicted molar refractivity (Wildman–Crippen MR) is 134 cm³/mol. The number of carboxylic acid groups (broad SMARTS) is 1. The fourth-order valence-electron chi connectivity index (χ4n) is 3.63. The summed E-state index contributed by atoms with van der Waals surface area (Å²) in [7, 11) is -4.14. The summed E-state index contributed by atoms with van der Waals surface area (Å²) in [5.74, 6) is -1.73. The van der Waals surface area contributed by atoms with Crippen LogP contribution in [-0.4, -0.2) is 43.8 Å². The van der Waals surface area contributed by atoms with Crippen LogP contribution >= 0.6 is 0 Å². The fraction of sp³-hybridized carbons (Fsp3) is 0.240. The van der Waals surface area contributed by atoms with Crippen LogP contribution in [0.2, 0.25) is 0 Å². The Morgan fingerprint density at radius 2 is 1.66 bits per heavy atom. The van der Waals surface area contributed by atoms with E-state index in [1.807, 2.05) is 12.1 Å². The smallest absolute Gasteiger partial charge is 0.323 e. The summed E-state index contributed by atoms with van der Waals surface area (Å²) in [6.07, 6.45) is 2.25. The molecule has 184 valence electrons. The van der Waals surface area contributed by atoms with Crippen molar-refractivity contribution in [3.05, 3.63) is 77.9 Å². The zero-order chi connectivity index (χ0) is 25.4. The van der Waals surface area contributed by atoms with Crippen molar-refractivity contribution >= 4 is 38.5 Å². The van der Waals surface area contributed by atoms with Crippen LogP contribution in [0.1, 0.15) is 30.4 Å². The standard InChI is InChI=1S/C25H28N4O5S/c26-24(27)19-14-12-17(13-15-19)6-1-4-11-23(30)28-16-21(25(31)32)29-35(33,34)22-10-5-8-18-7-2-3-9-20(18)22/h2-3,5,7-10,12-15,21,29H,1,4,6,11,16H2,(H3,26,27)(H,28,30)(H,31,32)/t21-/m0/s1. The molecule has 35 heavy (non-hydrogen) atoms. The van der Waals surface area contributed by atoms with Gasteiger partial charge in [-0.25, -0.2) is 8.42 Å². The molecule has 0 aliphatic heterocycles. The monoisotopic (exact) mass is 496 g/mol. The van der Waals surface area contributed by atoms with Gasteiger partial charge in [-0.15, -0.1) is 0 Å². The maximum absolute atomic E-state index is 12.9. The Morgan fingerprint density at radius 3 is 2.34 bits per heavy atom. The van der Waals surface area contributed by atoms with Crippen LogP contribution in [0, 0.1) is 5.41 Å². The number of fused-ring (bicyclic) bond motifs is 1. The van der Waals surface area contributed by atoms with Crippen LogP contribution in [0.15, 0.2) is 71.6 Å². The summed E-state index contributed by atoms with van der Waals surface area (Å²) >= 11 is 0. The molecule has 0 heterocycles. The number of carbonyl (C=O) groups excluding carboxylic acids is 1. The molecule has 0 saturated carbocycles. The maximum Gasteiger partial charge on any atom is 0.323 e. The zero-order valence-corrected chi connectivity index (χ0v) is 19.8. The lowest BCUT2D eigenvalue weighted by Gasteiger charge is -2.16. The first-order valence-electron chi connectivity index (χ1n) is 11.1. The Kier molecular flexibility index (Phi) is 8.56. The van der Waals surface area contributed by atoms with Gasteiger partial charge in [0.05, 0.1) is 4.90 Å². The minimum atomic E-state index is -4.14. The molecular weight excluding hydrogens is 468 g/mol. The molecule has 0 aromatic heterocycles. The molecule has 1 amide bonds. The normalized spacial score (nSPS) is 12.2. The number of amides is 1. The molecule has 0 unspecified atom stereocenters. The minimum absolute atomic E-state index is 0.00676. The first-order valence-corrected chi connectivity index (χ1v) is 12.6. The predicted octanol–water partition coefficient (Wildman–Crippen LogP) is 2.38. The first kappa shape index (κ1) is 25.9. The zero-order valence-electron chi connectivity index (χ0n) is 19.0. The molecule has 0 saturated heterocycles. The van der Waals surface area contributed by atoms with Gasteiger partial charge in [0.15, 0.2) is 0 Å². The number of hydrogen-bond donors (Lipinski definition) is 5. The molecule has 6 N–H and O–H groups in total. The van der Waals surface area contributed by atoms with Crippen molar-refractivity contribution in [3.8, 4) is 0 Å². The highest BCUT2D eigenvalue weighted by Crippen LogP contribution is 2.22. The second-order valence-corrected chi connectivity index (χ2v) is 9.79. The maximum atomic E-state index is 12.9.